The number of anilines is 1. The summed E-state index contributed by atoms with van der Waals surface area (Å²) in [4.78, 5) is 24.3. The van der Waals surface area contributed by atoms with Crippen molar-refractivity contribution in [2.24, 2.45) is 0 Å². The van der Waals surface area contributed by atoms with E-state index < -0.39 is 5.97 Å². The van der Waals surface area contributed by atoms with Gasteiger partial charge in [-0.2, -0.15) is 0 Å². The van der Waals surface area contributed by atoms with E-state index in [4.69, 9.17) is 22.1 Å². The van der Waals surface area contributed by atoms with Gasteiger partial charge in [0.1, 0.15) is 6.61 Å². The number of carbonyl (C=O) groups is 2. The smallest absolute Gasteiger partial charge is 0.338 e. The number of nitrogen functional groups attached to an aromatic ring is 1. The van der Waals surface area contributed by atoms with Gasteiger partial charge < -0.3 is 15.4 Å². The van der Waals surface area contributed by atoms with E-state index in [1.807, 2.05) is 0 Å². The van der Waals surface area contributed by atoms with Crippen LogP contribution in [0.2, 0.25) is 5.02 Å². The maximum Gasteiger partial charge on any atom is 0.338 e. The first kappa shape index (κ1) is 14.3. The Balaban J connectivity index is 2.50. The minimum Gasteiger partial charge on any atom is -0.462 e. The average Bonchev–Trinajstić information content (AvgIpc) is 2.32. The number of ether oxygens (including phenoxy) is 1. The normalized spacial score (nSPS) is 9.94. The van der Waals surface area contributed by atoms with Crippen LogP contribution in [0.4, 0.5) is 5.69 Å². The molecule has 0 unspecified atom stereocenters. The highest BCUT2D eigenvalue weighted by Gasteiger charge is 2.10. The minimum atomic E-state index is -0.525. The first-order valence-corrected chi connectivity index (χ1v) is 5.72. The number of halogens is 1. The summed E-state index contributed by atoms with van der Waals surface area (Å²) in [5.74, 6) is -0.624. The summed E-state index contributed by atoms with van der Waals surface area (Å²) in [6.07, 6.45) is 0.154. The SMILES string of the molecule is CN(C)C(=O)CCOC(=O)c1ccc(N)c(Cl)c1. The molecule has 6 heteroatoms. The van der Waals surface area contributed by atoms with Crippen LogP contribution in [0.1, 0.15) is 16.8 Å². The molecule has 0 aromatic heterocycles. The lowest BCUT2D eigenvalue weighted by Gasteiger charge is -2.10. The molecule has 2 N–H and O–H groups in total. The van der Waals surface area contributed by atoms with Gasteiger partial charge in [0.2, 0.25) is 5.91 Å². The summed E-state index contributed by atoms with van der Waals surface area (Å²) in [6, 6.07) is 4.49. The number of nitrogens with two attached hydrogens (primary N) is 1. The van der Waals surface area contributed by atoms with E-state index in [2.05, 4.69) is 0 Å². The number of amides is 1. The van der Waals surface area contributed by atoms with Crippen molar-refractivity contribution < 1.29 is 14.3 Å². The third-order valence-electron chi connectivity index (χ3n) is 2.28. The summed E-state index contributed by atoms with van der Waals surface area (Å²) < 4.78 is 4.96. The van der Waals surface area contributed by atoms with Crippen molar-refractivity contribution in [3.8, 4) is 0 Å². The van der Waals surface area contributed by atoms with Crippen LogP contribution in [-0.2, 0) is 9.53 Å². The molecule has 1 aromatic rings. The van der Waals surface area contributed by atoms with Crippen LogP contribution in [0.15, 0.2) is 18.2 Å². The molecular weight excluding hydrogens is 256 g/mol. The summed E-state index contributed by atoms with van der Waals surface area (Å²) in [7, 11) is 3.29. The van der Waals surface area contributed by atoms with Gasteiger partial charge in [-0.25, -0.2) is 4.79 Å². The van der Waals surface area contributed by atoms with Gasteiger partial charge in [-0.05, 0) is 18.2 Å². The van der Waals surface area contributed by atoms with Crippen LogP contribution in [0.5, 0.6) is 0 Å². The molecule has 0 fully saturated rings. The average molecular weight is 271 g/mol. The first-order chi connectivity index (χ1) is 8.41. The molecule has 0 aliphatic carbocycles. The van der Waals surface area contributed by atoms with E-state index in [-0.39, 0.29) is 18.9 Å². The molecule has 1 aromatic carbocycles. The lowest BCUT2D eigenvalue weighted by atomic mass is 10.2. The number of nitrogens with zero attached hydrogens (tertiary/aromatic N) is 1. The maximum absolute atomic E-state index is 11.6. The number of rotatable bonds is 4. The lowest BCUT2D eigenvalue weighted by Crippen LogP contribution is -2.23. The maximum atomic E-state index is 11.6. The zero-order chi connectivity index (χ0) is 13.7. The highest BCUT2D eigenvalue weighted by Crippen LogP contribution is 2.20. The second-order valence-corrected chi connectivity index (χ2v) is 4.32. The van der Waals surface area contributed by atoms with Gasteiger partial charge in [0.05, 0.1) is 22.7 Å². The zero-order valence-electron chi connectivity index (χ0n) is 10.3. The Labute approximate surface area is 110 Å². The van der Waals surface area contributed by atoms with Gasteiger partial charge >= 0.3 is 5.97 Å². The Bertz CT molecular complexity index is 461. The fourth-order valence-corrected chi connectivity index (χ4v) is 1.37. The van der Waals surface area contributed by atoms with Crippen molar-refractivity contribution in [3.63, 3.8) is 0 Å². The standard InChI is InChI=1S/C12H15ClN2O3/c1-15(2)11(16)5-6-18-12(17)8-3-4-10(14)9(13)7-8/h3-4,7H,5-6,14H2,1-2H3. The molecule has 0 spiro atoms. The van der Waals surface area contributed by atoms with E-state index >= 15 is 0 Å². The van der Waals surface area contributed by atoms with E-state index in [0.717, 1.165) is 0 Å². The molecule has 0 atom stereocenters. The highest BCUT2D eigenvalue weighted by molar-refractivity contribution is 6.33. The lowest BCUT2D eigenvalue weighted by molar-refractivity contribution is -0.129. The van der Waals surface area contributed by atoms with E-state index in [9.17, 15) is 9.59 Å². The molecule has 0 aliphatic rings. The Morgan fingerprint density at radius 1 is 1.39 bits per heavy atom. The van der Waals surface area contributed by atoms with Crippen molar-refractivity contribution in [1.29, 1.82) is 0 Å². The van der Waals surface area contributed by atoms with Crippen LogP contribution in [0, 0.1) is 0 Å². The minimum absolute atomic E-state index is 0.0395. The van der Waals surface area contributed by atoms with Gasteiger partial charge in [-0.1, -0.05) is 11.6 Å². The number of benzene rings is 1. The summed E-state index contributed by atoms with van der Waals surface area (Å²) in [5, 5.41) is 0.300. The van der Waals surface area contributed by atoms with Crippen LogP contribution >= 0.6 is 11.6 Å². The number of esters is 1. The van der Waals surface area contributed by atoms with Gasteiger partial charge in [0, 0.05) is 14.1 Å². The van der Waals surface area contributed by atoms with Crippen LogP contribution < -0.4 is 5.73 Å². The monoisotopic (exact) mass is 270 g/mol. The molecule has 0 heterocycles. The van der Waals surface area contributed by atoms with Gasteiger partial charge in [0.25, 0.3) is 0 Å². The third kappa shape index (κ3) is 3.92. The largest absolute Gasteiger partial charge is 0.462 e. The van der Waals surface area contributed by atoms with Crippen LogP contribution in [0.25, 0.3) is 0 Å². The molecule has 1 amide bonds. The second-order valence-electron chi connectivity index (χ2n) is 3.91. The van der Waals surface area contributed by atoms with Crippen molar-refractivity contribution in [2.75, 3.05) is 26.4 Å². The summed E-state index contributed by atoms with van der Waals surface area (Å²) in [5.41, 5.74) is 6.24. The Morgan fingerprint density at radius 3 is 2.61 bits per heavy atom. The van der Waals surface area contributed by atoms with Gasteiger partial charge in [0.15, 0.2) is 0 Å². The van der Waals surface area contributed by atoms with Crippen molar-refractivity contribution in [2.45, 2.75) is 6.42 Å². The molecular formula is C12H15ClN2O3. The van der Waals surface area contributed by atoms with E-state index in [1.54, 1.807) is 14.1 Å². The van der Waals surface area contributed by atoms with Gasteiger partial charge in [-0.15, -0.1) is 0 Å². The number of carbonyl (C=O) groups excluding carboxylic acids is 2. The number of hydrogen-bond acceptors (Lipinski definition) is 4. The molecule has 18 heavy (non-hydrogen) atoms. The Kier molecular flexibility index (Phi) is 4.97. The van der Waals surface area contributed by atoms with Crippen molar-refractivity contribution in [3.05, 3.63) is 28.8 Å². The quantitative estimate of drug-likeness (QED) is 0.666. The van der Waals surface area contributed by atoms with Crippen molar-refractivity contribution >= 4 is 29.2 Å². The fourth-order valence-electron chi connectivity index (χ4n) is 1.19. The Hall–Kier alpha value is -1.75. The second kappa shape index (κ2) is 6.26. The topological polar surface area (TPSA) is 72.6 Å². The predicted octanol–water partition coefficient (Wildman–Crippen LogP) is 1.56. The predicted molar refractivity (Wildman–Crippen MR) is 69.5 cm³/mol. The molecule has 1 rings (SSSR count). The van der Waals surface area contributed by atoms with Gasteiger partial charge in [-0.3, -0.25) is 4.79 Å². The van der Waals surface area contributed by atoms with Crippen LogP contribution in [0.3, 0.4) is 0 Å². The van der Waals surface area contributed by atoms with E-state index in [0.29, 0.717) is 16.3 Å². The first-order valence-electron chi connectivity index (χ1n) is 5.34. The van der Waals surface area contributed by atoms with Crippen LogP contribution in [-0.4, -0.2) is 37.5 Å². The molecule has 0 aliphatic heterocycles. The zero-order valence-corrected chi connectivity index (χ0v) is 11.0. The molecule has 0 saturated heterocycles. The highest BCUT2D eigenvalue weighted by atomic mass is 35.5. The fraction of sp³-hybridized carbons (Fsp3) is 0.333. The molecule has 5 nitrogen and oxygen atoms in total. The summed E-state index contributed by atoms with van der Waals surface area (Å²) >= 11 is 5.79. The number of hydrogen-bond donors (Lipinski definition) is 1. The van der Waals surface area contributed by atoms with Crippen molar-refractivity contribution in [1.82, 2.24) is 4.90 Å². The third-order valence-corrected chi connectivity index (χ3v) is 2.61. The molecule has 0 bridgehead atoms. The summed E-state index contributed by atoms with van der Waals surface area (Å²) in [6.45, 7) is 0.0395. The molecule has 98 valence electrons. The molecule has 0 radical (unpaired) electrons. The van der Waals surface area contributed by atoms with E-state index in [1.165, 1.54) is 23.1 Å². The Morgan fingerprint density at radius 2 is 2.06 bits per heavy atom. The molecule has 0 saturated carbocycles.